The van der Waals surface area contributed by atoms with Crippen molar-refractivity contribution in [3.05, 3.63) is 24.3 Å². The van der Waals surface area contributed by atoms with Crippen molar-refractivity contribution in [3.8, 4) is 5.75 Å². The number of hydrogen-bond acceptors (Lipinski definition) is 2. The van der Waals surface area contributed by atoms with E-state index in [0.717, 1.165) is 25.7 Å². The second-order valence-electron chi connectivity index (χ2n) is 5.23. The lowest BCUT2D eigenvalue weighted by molar-refractivity contribution is -0.274. The van der Waals surface area contributed by atoms with Crippen LogP contribution in [-0.2, 0) is 0 Å². The van der Waals surface area contributed by atoms with Gasteiger partial charge in [0.15, 0.2) is 5.75 Å². The maximum Gasteiger partial charge on any atom is 0.573 e. The van der Waals surface area contributed by atoms with Gasteiger partial charge in [-0.3, -0.25) is 0 Å². The predicted octanol–water partition coefficient (Wildman–Crippen LogP) is 5.11. The van der Waals surface area contributed by atoms with E-state index >= 15 is 0 Å². The first-order chi connectivity index (χ1) is 9.54. The Morgan fingerprint density at radius 2 is 1.55 bits per heavy atom. The van der Waals surface area contributed by atoms with Gasteiger partial charge in [0.05, 0.1) is 5.69 Å². The lowest BCUT2D eigenvalue weighted by Crippen LogP contribution is -2.23. The summed E-state index contributed by atoms with van der Waals surface area (Å²) in [5, 5.41) is 3.21. The van der Waals surface area contributed by atoms with Gasteiger partial charge in [0.2, 0.25) is 0 Å². The van der Waals surface area contributed by atoms with Crippen molar-refractivity contribution in [2.45, 2.75) is 57.3 Å². The van der Waals surface area contributed by atoms with E-state index in [4.69, 9.17) is 0 Å². The van der Waals surface area contributed by atoms with Gasteiger partial charge in [0.25, 0.3) is 0 Å². The van der Waals surface area contributed by atoms with Gasteiger partial charge in [-0.05, 0) is 25.0 Å². The Hall–Kier alpha value is -1.39. The first kappa shape index (κ1) is 15.0. The van der Waals surface area contributed by atoms with E-state index in [-0.39, 0.29) is 11.8 Å². The van der Waals surface area contributed by atoms with E-state index < -0.39 is 6.36 Å². The molecule has 0 heterocycles. The number of para-hydroxylation sites is 2. The molecule has 5 heteroatoms. The van der Waals surface area contributed by atoms with E-state index in [2.05, 4.69) is 10.1 Å². The van der Waals surface area contributed by atoms with Crippen LogP contribution in [0.5, 0.6) is 5.75 Å². The van der Waals surface area contributed by atoms with Gasteiger partial charge in [-0.15, -0.1) is 13.2 Å². The van der Waals surface area contributed by atoms with Crippen LogP contribution in [0, 0.1) is 0 Å². The highest BCUT2D eigenvalue weighted by Gasteiger charge is 2.32. The highest BCUT2D eigenvalue weighted by atomic mass is 19.4. The fourth-order valence-electron chi connectivity index (χ4n) is 2.62. The van der Waals surface area contributed by atoms with Gasteiger partial charge in [0.1, 0.15) is 0 Å². The number of rotatable bonds is 3. The highest BCUT2D eigenvalue weighted by Crippen LogP contribution is 2.31. The summed E-state index contributed by atoms with van der Waals surface area (Å²) >= 11 is 0. The van der Waals surface area contributed by atoms with Crippen molar-refractivity contribution in [1.29, 1.82) is 0 Å². The van der Waals surface area contributed by atoms with Crippen LogP contribution in [0.25, 0.3) is 0 Å². The third-order valence-electron chi connectivity index (χ3n) is 3.58. The molecular formula is C15H20F3NO. The van der Waals surface area contributed by atoms with Crippen molar-refractivity contribution >= 4 is 5.69 Å². The third-order valence-corrected chi connectivity index (χ3v) is 3.58. The zero-order valence-electron chi connectivity index (χ0n) is 11.4. The van der Waals surface area contributed by atoms with Gasteiger partial charge < -0.3 is 10.1 Å². The molecule has 1 aliphatic carbocycles. The molecule has 0 saturated heterocycles. The Morgan fingerprint density at radius 3 is 2.20 bits per heavy atom. The lowest BCUT2D eigenvalue weighted by atomic mass is 9.96. The number of benzene rings is 1. The van der Waals surface area contributed by atoms with Crippen molar-refractivity contribution in [2.75, 3.05) is 5.32 Å². The summed E-state index contributed by atoms with van der Waals surface area (Å²) in [6.07, 6.45) is 3.28. The Bertz CT molecular complexity index is 412. The zero-order chi connectivity index (χ0) is 14.4. The van der Waals surface area contributed by atoms with Gasteiger partial charge in [-0.1, -0.05) is 44.2 Å². The van der Waals surface area contributed by atoms with E-state index in [9.17, 15) is 13.2 Å². The minimum absolute atomic E-state index is 0.151. The largest absolute Gasteiger partial charge is 0.573 e. The molecule has 0 bridgehead atoms. The van der Waals surface area contributed by atoms with Crippen molar-refractivity contribution in [1.82, 2.24) is 0 Å². The summed E-state index contributed by atoms with van der Waals surface area (Å²) in [4.78, 5) is 0. The van der Waals surface area contributed by atoms with Crippen LogP contribution in [-0.4, -0.2) is 12.4 Å². The molecule has 1 N–H and O–H groups in total. The summed E-state index contributed by atoms with van der Waals surface area (Å²) in [5.74, 6) is -0.151. The Labute approximate surface area is 117 Å². The molecule has 1 fully saturated rings. The first-order valence-corrected chi connectivity index (χ1v) is 7.16. The molecule has 2 rings (SSSR count). The molecule has 0 aromatic heterocycles. The average Bonchev–Trinajstić information content (AvgIpc) is 2.33. The molecule has 20 heavy (non-hydrogen) atoms. The number of nitrogens with one attached hydrogen (secondary N) is 1. The SMILES string of the molecule is FC(F)(F)Oc1ccccc1NC1CCCCCCC1. The van der Waals surface area contributed by atoms with Crippen LogP contribution >= 0.6 is 0 Å². The molecule has 1 aromatic carbocycles. The molecule has 0 spiro atoms. The van der Waals surface area contributed by atoms with Crippen LogP contribution in [0.2, 0.25) is 0 Å². The van der Waals surface area contributed by atoms with Crippen molar-refractivity contribution in [3.63, 3.8) is 0 Å². The number of halogens is 3. The number of hydrogen-bond donors (Lipinski definition) is 1. The quantitative estimate of drug-likeness (QED) is 0.834. The third kappa shape index (κ3) is 4.94. The molecule has 1 aliphatic rings. The summed E-state index contributed by atoms with van der Waals surface area (Å²) < 4.78 is 41.2. The number of ether oxygens (including phenoxy) is 1. The highest BCUT2D eigenvalue weighted by molar-refractivity contribution is 5.56. The van der Waals surface area contributed by atoms with Gasteiger partial charge in [-0.2, -0.15) is 0 Å². The van der Waals surface area contributed by atoms with Gasteiger partial charge in [-0.25, -0.2) is 0 Å². The van der Waals surface area contributed by atoms with E-state index in [1.807, 2.05) is 0 Å². The minimum atomic E-state index is -4.65. The lowest BCUT2D eigenvalue weighted by Gasteiger charge is -2.23. The van der Waals surface area contributed by atoms with Gasteiger partial charge in [0, 0.05) is 6.04 Å². The summed E-state index contributed by atoms with van der Waals surface area (Å²) in [5.41, 5.74) is 0.426. The fraction of sp³-hybridized carbons (Fsp3) is 0.600. The Kier molecular flexibility index (Phi) is 5.15. The molecule has 0 aliphatic heterocycles. The van der Waals surface area contributed by atoms with Crippen LogP contribution in [0.4, 0.5) is 18.9 Å². The zero-order valence-corrected chi connectivity index (χ0v) is 11.4. The molecule has 112 valence electrons. The Morgan fingerprint density at radius 1 is 0.950 bits per heavy atom. The summed E-state index contributed by atoms with van der Waals surface area (Å²) in [6, 6.07) is 6.48. The molecule has 0 amide bonds. The van der Waals surface area contributed by atoms with Crippen LogP contribution in [0.15, 0.2) is 24.3 Å². The maximum atomic E-state index is 12.4. The van der Waals surface area contributed by atoms with Crippen LogP contribution < -0.4 is 10.1 Å². The Balaban J connectivity index is 2.03. The molecule has 0 unspecified atom stereocenters. The second kappa shape index (κ2) is 6.86. The maximum absolute atomic E-state index is 12.4. The molecule has 1 saturated carbocycles. The normalized spacial score (nSPS) is 18.1. The van der Waals surface area contributed by atoms with Crippen LogP contribution in [0.3, 0.4) is 0 Å². The van der Waals surface area contributed by atoms with Crippen LogP contribution in [0.1, 0.15) is 44.9 Å². The van der Waals surface area contributed by atoms with E-state index in [0.29, 0.717) is 5.69 Å². The topological polar surface area (TPSA) is 21.3 Å². The molecule has 1 aromatic rings. The number of alkyl halides is 3. The summed E-state index contributed by atoms with van der Waals surface area (Å²) in [6.45, 7) is 0. The average molecular weight is 287 g/mol. The fourth-order valence-corrected chi connectivity index (χ4v) is 2.62. The second-order valence-corrected chi connectivity index (χ2v) is 5.23. The van der Waals surface area contributed by atoms with Crippen molar-refractivity contribution < 1.29 is 17.9 Å². The van der Waals surface area contributed by atoms with E-state index in [1.54, 1.807) is 18.2 Å². The molecule has 0 radical (unpaired) electrons. The molecule has 2 nitrogen and oxygen atoms in total. The van der Waals surface area contributed by atoms with Gasteiger partial charge >= 0.3 is 6.36 Å². The standard InChI is InChI=1S/C15H20F3NO/c16-15(17,18)20-14-11-7-6-10-13(14)19-12-8-4-2-1-3-5-9-12/h6-7,10-12,19H,1-5,8-9H2. The first-order valence-electron chi connectivity index (χ1n) is 7.16. The monoisotopic (exact) mass is 287 g/mol. The smallest absolute Gasteiger partial charge is 0.404 e. The van der Waals surface area contributed by atoms with Crippen molar-refractivity contribution in [2.24, 2.45) is 0 Å². The van der Waals surface area contributed by atoms with E-state index in [1.165, 1.54) is 25.3 Å². The molecule has 0 atom stereocenters. The number of anilines is 1. The minimum Gasteiger partial charge on any atom is -0.404 e. The summed E-state index contributed by atoms with van der Waals surface area (Å²) in [7, 11) is 0. The predicted molar refractivity (Wildman–Crippen MR) is 72.9 cm³/mol. The molecular weight excluding hydrogens is 267 g/mol.